The highest BCUT2D eigenvalue weighted by molar-refractivity contribution is 7.20. The molecule has 0 aliphatic carbocycles. The molecule has 2 aromatic rings. The van der Waals surface area contributed by atoms with Gasteiger partial charge in [0.25, 0.3) is 0 Å². The number of piperidine rings is 1. The molecule has 1 atom stereocenters. The Morgan fingerprint density at radius 3 is 2.96 bits per heavy atom. The van der Waals surface area contributed by atoms with Crippen molar-refractivity contribution in [2.24, 2.45) is 11.7 Å². The Balaban J connectivity index is 2.02. The number of rotatable bonds is 4. The molecule has 0 spiro atoms. The van der Waals surface area contributed by atoms with E-state index in [0.29, 0.717) is 18.0 Å². The fourth-order valence-corrected chi connectivity index (χ4v) is 4.12. The molecular formula is C16H20N4O3S. The van der Waals surface area contributed by atoms with Crippen LogP contribution in [0.4, 0.5) is 5.82 Å². The van der Waals surface area contributed by atoms with Crippen molar-refractivity contribution in [1.29, 1.82) is 0 Å². The lowest BCUT2D eigenvalue weighted by molar-refractivity contribution is -0.122. The monoisotopic (exact) mass is 348 g/mol. The second-order valence-electron chi connectivity index (χ2n) is 5.84. The molecule has 2 aromatic heterocycles. The van der Waals surface area contributed by atoms with Gasteiger partial charge < -0.3 is 15.4 Å². The lowest BCUT2D eigenvalue weighted by Crippen LogP contribution is -2.41. The third kappa shape index (κ3) is 2.93. The highest BCUT2D eigenvalue weighted by Gasteiger charge is 2.28. The molecule has 1 aliphatic rings. The van der Waals surface area contributed by atoms with Gasteiger partial charge in [-0.1, -0.05) is 0 Å². The first-order chi connectivity index (χ1) is 11.5. The number of carbonyl (C=O) groups excluding carboxylic acids is 2. The summed E-state index contributed by atoms with van der Waals surface area (Å²) in [6.45, 7) is 5.35. The minimum Gasteiger partial charge on any atom is -0.462 e. The SMILES string of the molecule is CCOC(=O)c1sc2ncnc(N3CCCC(C(N)=O)C3)c2c1C. The smallest absolute Gasteiger partial charge is 0.348 e. The van der Waals surface area contributed by atoms with Crippen LogP contribution in [0.1, 0.15) is 35.0 Å². The molecule has 24 heavy (non-hydrogen) atoms. The molecule has 8 heteroatoms. The van der Waals surface area contributed by atoms with E-state index in [1.807, 2.05) is 6.92 Å². The normalized spacial score (nSPS) is 17.9. The van der Waals surface area contributed by atoms with Crippen molar-refractivity contribution in [1.82, 2.24) is 9.97 Å². The number of thiophene rings is 1. The van der Waals surface area contributed by atoms with Gasteiger partial charge in [0.2, 0.25) is 5.91 Å². The van der Waals surface area contributed by atoms with E-state index in [9.17, 15) is 9.59 Å². The van der Waals surface area contributed by atoms with Crippen LogP contribution in [-0.2, 0) is 9.53 Å². The average Bonchev–Trinajstić information content (AvgIpc) is 2.92. The summed E-state index contributed by atoms with van der Waals surface area (Å²) in [5.41, 5.74) is 6.29. The van der Waals surface area contributed by atoms with Crippen molar-refractivity contribution in [2.75, 3.05) is 24.6 Å². The molecule has 0 bridgehead atoms. The van der Waals surface area contributed by atoms with Crippen molar-refractivity contribution in [3.63, 3.8) is 0 Å². The van der Waals surface area contributed by atoms with Crippen molar-refractivity contribution in [2.45, 2.75) is 26.7 Å². The number of aryl methyl sites for hydroxylation is 1. The number of ether oxygens (including phenoxy) is 1. The maximum Gasteiger partial charge on any atom is 0.348 e. The molecule has 2 N–H and O–H groups in total. The summed E-state index contributed by atoms with van der Waals surface area (Å²) in [5.74, 6) is -0.0284. The number of carbonyl (C=O) groups is 2. The van der Waals surface area contributed by atoms with Crippen LogP contribution in [-0.4, -0.2) is 41.5 Å². The average molecular weight is 348 g/mol. The lowest BCUT2D eigenvalue weighted by Gasteiger charge is -2.32. The van der Waals surface area contributed by atoms with Crippen LogP contribution in [0.15, 0.2) is 6.33 Å². The second-order valence-corrected chi connectivity index (χ2v) is 6.84. The van der Waals surface area contributed by atoms with E-state index in [2.05, 4.69) is 14.9 Å². The second kappa shape index (κ2) is 6.72. The molecule has 1 fully saturated rings. The quantitative estimate of drug-likeness (QED) is 0.847. The van der Waals surface area contributed by atoms with Gasteiger partial charge in [0.15, 0.2) is 0 Å². The van der Waals surface area contributed by atoms with Crippen LogP contribution < -0.4 is 10.6 Å². The van der Waals surface area contributed by atoms with Crippen molar-refractivity contribution in [3.05, 3.63) is 16.8 Å². The number of nitrogens with two attached hydrogens (primary N) is 1. The van der Waals surface area contributed by atoms with Gasteiger partial charge in [0.1, 0.15) is 21.9 Å². The lowest BCUT2D eigenvalue weighted by atomic mass is 9.97. The summed E-state index contributed by atoms with van der Waals surface area (Å²) in [6.07, 6.45) is 3.18. The Bertz CT molecular complexity index is 789. The third-order valence-corrected chi connectivity index (χ3v) is 5.47. The number of hydrogen-bond donors (Lipinski definition) is 1. The van der Waals surface area contributed by atoms with Gasteiger partial charge >= 0.3 is 5.97 Å². The van der Waals surface area contributed by atoms with Crippen molar-refractivity contribution >= 4 is 39.2 Å². The van der Waals surface area contributed by atoms with Crippen LogP contribution in [0.3, 0.4) is 0 Å². The maximum absolute atomic E-state index is 12.1. The molecule has 0 radical (unpaired) electrons. The van der Waals surface area contributed by atoms with Crippen LogP contribution in [0.5, 0.6) is 0 Å². The molecule has 0 aromatic carbocycles. The Kier molecular flexibility index (Phi) is 4.66. The van der Waals surface area contributed by atoms with E-state index in [-0.39, 0.29) is 17.8 Å². The summed E-state index contributed by atoms with van der Waals surface area (Å²) in [4.78, 5) is 35.7. The number of nitrogens with zero attached hydrogens (tertiary/aromatic N) is 3. The fraction of sp³-hybridized carbons (Fsp3) is 0.500. The zero-order valence-corrected chi connectivity index (χ0v) is 14.6. The highest BCUT2D eigenvalue weighted by Crippen LogP contribution is 2.36. The largest absolute Gasteiger partial charge is 0.462 e. The number of amides is 1. The van der Waals surface area contributed by atoms with Gasteiger partial charge in [0, 0.05) is 13.1 Å². The highest BCUT2D eigenvalue weighted by atomic mass is 32.1. The molecular weight excluding hydrogens is 328 g/mol. The Hall–Kier alpha value is -2.22. The minimum absolute atomic E-state index is 0.174. The zero-order chi connectivity index (χ0) is 17.3. The number of hydrogen-bond acceptors (Lipinski definition) is 7. The van der Waals surface area contributed by atoms with E-state index < -0.39 is 0 Å². The van der Waals surface area contributed by atoms with E-state index in [1.165, 1.54) is 17.7 Å². The van der Waals surface area contributed by atoms with Crippen LogP contribution in [0.2, 0.25) is 0 Å². The molecule has 1 unspecified atom stereocenters. The van der Waals surface area contributed by atoms with E-state index in [1.54, 1.807) is 6.92 Å². The third-order valence-electron chi connectivity index (χ3n) is 4.29. The molecule has 1 aliphatic heterocycles. The molecule has 0 saturated carbocycles. The predicted molar refractivity (Wildman–Crippen MR) is 92.2 cm³/mol. The summed E-state index contributed by atoms with van der Waals surface area (Å²) in [5, 5.41) is 0.857. The van der Waals surface area contributed by atoms with Gasteiger partial charge in [-0.05, 0) is 32.3 Å². The number of esters is 1. The number of primary amides is 1. The zero-order valence-electron chi connectivity index (χ0n) is 13.7. The van der Waals surface area contributed by atoms with Crippen molar-refractivity contribution < 1.29 is 14.3 Å². The first kappa shape index (κ1) is 16.6. The van der Waals surface area contributed by atoms with Gasteiger partial charge in [-0.2, -0.15) is 0 Å². The molecule has 1 amide bonds. The van der Waals surface area contributed by atoms with Crippen molar-refractivity contribution in [3.8, 4) is 0 Å². The van der Waals surface area contributed by atoms with Crippen LogP contribution in [0.25, 0.3) is 10.2 Å². The van der Waals surface area contributed by atoms with E-state index >= 15 is 0 Å². The van der Waals surface area contributed by atoms with Gasteiger partial charge in [-0.25, -0.2) is 14.8 Å². The maximum atomic E-state index is 12.1. The topological polar surface area (TPSA) is 98.4 Å². The van der Waals surface area contributed by atoms with Crippen LogP contribution in [0, 0.1) is 12.8 Å². The minimum atomic E-state index is -0.336. The predicted octanol–water partition coefficient (Wildman–Crippen LogP) is 1.88. The van der Waals surface area contributed by atoms with E-state index in [4.69, 9.17) is 10.5 Å². The molecule has 128 valence electrons. The molecule has 1 saturated heterocycles. The Labute approximate surface area is 143 Å². The molecule has 3 rings (SSSR count). The summed E-state index contributed by atoms with van der Waals surface area (Å²) < 4.78 is 5.12. The van der Waals surface area contributed by atoms with Crippen LogP contribution >= 0.6 is 11.3 Å². The number of fused-ring (bicyclic) bond motifs is 1. The number of aromatic nitrogens is 2. The first-order valence-corrected chi connectivity index (χ1v) is 8.80. The summed E-state index contributed by atoms with van der Waals surface area (Å²) >= 11 is 1.31. The van der Waals surface area contributed by atoms with Gasteiger partial charge in [-0.15, -0.1) is 11.3 Å². The number of anilines is 1. The standard InChI is InChI=1S/C16H20N4O3S/c1-3-23-16(22)12-9(2)11-14(18-8-19-15(11)24-12)20-6-4-5-10(7-20)13(17)21/h8,10H,3-7H2,1-2H3,(H2,17,21). The first-order valence-electron chi connectivity index (χ1n) is 7.98. The molecule has 3 heterocycles. The Morgan fingerprint density at radius 1 is 1.46 bits per heavy atom. The molecule has 7 nitrogen and oxygen atoms in total. The van der Waals surface area contributed by atoms with Gasteiger partial charge in [-0.3, -0.25) is 4.79 Å². The fourth-order valence-electron chi connectivity index (χ4n) is 3.09. The summed E-state index contributed by atoms with van der Waals surface area (Å²) in [7, 11) is 0. The summed E-state index contributed by atoms with van der Waals surface area (Å²) in [6, 6.07) is 0. The van der Waals surface area contributed by atoms with Gasteiger partial charge in [0.05, 0.1) is 17.9 Å². The van der Waals surface area contributed by atoms with E-state index in [0.717, 1.165) is 41.0 Å². The Morgan fingerprint density at radius 2 is 2.25 bits per heavy atom.